The zero-order chi connectivity index (χ0) is 11.8. The molecule has 16 heavy (non-hydrogen) atoms. The highest BCUT2D eigenvalue weighted by molar-refractivity contribution is 5.93. The largest absolute Gasteiger partial charge is 0.352 e. The van der Waals surface area contributed by atoms with Crippen molar-refractivity contribution in [3.05, 3.63) is 30.1 Å². The summed E-state index contributed by atoms with van der Waals surface area (Å²) in [5.74, 6) is -0.108. The van der Waals surface area contributed by atoms with Gasteiger partial charge in [0.15, 0.2) is 0 Å². The standard InChI is InChI=1S/C12H16N2O2/c1-2-10(9-15)5-7-14-12(16)11-4-3-6-13-8-11/h3-4,6,8-10H,2,5,7H2,1H3,(H,14,16). The van der Waals surface area contributed by atoms with Gasteiger partial charge < -0.3 is 10.1 Å². The molecule has 1 N–H and O–H groups in total. The molecule has 1 rings (SSSR count). The second-order valence-electron chi connectivity index (χ2n) is 3.59. The van der Waals surface area contributed by atoms with Gasteiger partial charge in [-0.15, -0.1) is 0 Å². The highest BCUT2D eigenvalue weighted by Crippen LogP contribution is 2.03. The minimum Gasteiger partial charge on any atom is -0.352 e. The van der Waals surface area contributed by atoms with Crippen LogP contribution in [0.4, 0.5) is 0 Å². The summed E-state index contributed by atoms with van der Waals surface area (Å²) in [6, 6.07) is 3.43. The fourth-order valence-electron chi connectivity index (χ4n) is 1.34. The summed E-state index contributed by atoms with van der Waals surface area (Å²) in [7, 11) is 0. The van der Waals surface area contributed by atoms with E-state index in [-0.39, 0.29) is 11.8 Å². The van der Waals surface area contributed by atoms with Gasteiger partial charge in [0.25, 0.3) is 5.91 Å². The molecule has 0 aliphatic heterocycles. The fourth-order valence-corrected chi connectivity index (χ4v) is 1.34. The average Bonchev–Trinajstić information content (AvgIpc) is 2.35. The Hall–Kier alpha value is -1.71. The quantitative estimate of drug-likeness (QED) is 0.738. The molecule has 0 aromatic carbocycles. The van der Waals surface area contributed by atoms with Crippen LogP contribution in [0.15, 0.2) is 24.5 Å². The average molecular weight is 220 g/mol. The zero-order valence-corrected chi connectivity index (χ0v) is 9.35. The molecule has 1 atom stereocenters. The molecule has 1 amide bonds. The van der Waals surface area contributed by atoms with Crippen LogP contribution in [0.5, 0.6) is 0 Å². The Morgan fingerprint density at radius 3 is 3.00 bits per heavy atom. The summed E-state index contributed by atoms with van der Waals surface area (Å²) in [6.07, 6.45) is 5.58. The van der Waals surface area contributed by atoms with E-state index in [0.29, 0.717) is 18.5 Å². The van der Waals surface area contributed by atoms with Crippen molar-refractivity contribution < 1.29 is 9.59 Å². The lowest BCUT2D eigenvalue weighted by atomic mass is 10.0. The van der Waals surface area contributed by atoms with Crippen LogP contribution in [0, 0.1) is 5.92 Å². The number of aromatic nitrogens is 1. The molecule has 0 aliphatic carbocycles. The molecule has 4 nitrogen and oxygen atoms in total. The van der Waals surface area contributed by atoms with Gasteiger partial charge in [0.1, 0.15) is 6.29 Å². The van der Waals surface area contributed by atoms with E-state index in [1.165, 1.54) is 6.20 Å². The lowest BCUT2D eigenvalue weighted by Crippen LogP contribution is -2.26. The first-order chi connectivity index (χ1) is 7.77. The lowest BCUT2D eigenvalue weighted by Gasteiger charge is -2.08. The first-order valence-corrected chi connectivity index (χ1v) is 5.41. The molecule has 0 fully saturated rings. The van der Waals surface area contributed by atoms with Crippen LogP contribution in [0.1, 0.15) is 30.1 Å². The summed E-state index contributed by atoms with van der Waals surface area (Å²) in [5.41, 5.74) is 0.543. The van der Waals surface area contributed by atoms with Gasteiger partial charge >= 0.3 is 0 Å². The fraction of sp³-hybridized carbons (Fsp3) is 0.417. The topological polar surface area (TPSA) is 59.1 Å². The lowest BCUT2D eigenvalue weighted by molar-refractivity contribution is -0.111. The molecule has 4 heteroatoms. The van der Waals surface area contributed by atoms with E-state index >= 15 is 0 Å². The molecule has 1 aromatic rings. The highest BCUT2D eigenvalue weighted by Gasteiger charge is 2.07. The second kappa shape index (κ2) is 6.71. The predicted octanol–water partition coefficient (Wildman–Crippen LogP) is 1.43. The van der Waals surface area contributed by atoms with Crippen LogP contribution in [0.3, 0.4) is 0 Å². The normalized spacial score (nSPS) is 11.8. The van der Waals surface area contributed by atoms with Crippen molar-refractivity contribution in [3.63, 3.8) is 0 Å². The molecule has 0 spiro atoms. The summed E-state index contributed by atoms with van der Waals surface area (Å²) in [5, 5.41) is 2.76. The second-order valence-corrected chi connectivity index (χ2v) is 3.59. The number of hydrogen-bond donors (Lipinski definition) is 1. The number of aldehydes is 1. The summed E-state index contributed by atoms with van der Waals surface area (Å²) in [6.45, 7) is 2.48. The predicted molar refractivity (Wildman–Crippen MR) is 61.0 cm³/mol. The van der Waals surface area contributed by atoms with Gasteiger partial charge in [-0.1, -0.05) is 6.92 Å². The molecule has 1 heterocycles. The third-order valence-electron chi connectivity index (χ3n) is 2.44. The molecule has 0 saturated heterocycles. The summed E-state index contributed by atoms with van der Waals surface area (Å²) in [4.78, 5) is 26.0. The van der Waals surface area contributed by atoms with Gasteiger partial charge in [0, 0.05) is 24.9 Å². The maximum atomic E-state index is 11.6. The Morgan fingerprint density at radius 2 is 2.44 bits per heavy atom. The van der Waals surface area contributed by atoms with Crippen molar-refractivity contribution in [1.29, 1.82) is 0 Å². The maximum absolute atomic E-state index is 11.6. The maximum Gasteiger partial charge on any atom is 0.252 e. The number of nitrogens with zero attached hydrogens (tertiary/aromatic N) is 1. The monoisotopic (exact) mass is 220 g/mol. The van der Waals surface area contributed by atoms with Gasteiger partial charge in [-0.05, 0) is 25.0 Å². The van der Waals surface area contributed by atoms with Crippen molar-refractivity contribution in [3.8, 4) is 0 Å². The minimum absolute atomic E-state index is 0.0363. The molecule has 0 radical (unpaired) electrons. The summed E-state index contributed by atoms with van der Waals surface area (Å²) < 4.78 is 0. The van der Waals surface area contributed by atoms with E-state index in [9.17, 15) is 9.59 Å². The van der Waals surface area contributed by atoms with E-state index in [4.69, 9.17) is 0 Å². The molecule has 1 unspecified atom stereocenters. The number of carbonyl (C=O) groups excluding carboxylic acids is 2. The highest BCUT2D eigenvalue weighted by atomic mass is 16.1. The molecule has 1 aromatic heterocycles. The molecule has 0 saturated carbocycles. The number of hydrogen-bond acceptors (Lipinski definition) is 3. The molecular weight excluding hydrogens is 204 g/mol. The number of amides is 1. The molecule has 0 bridgehead atoms. The molecule has 86 valence electrons. The third kappa shape index (κ3) is 3.81. The van der Waals surface area contributed by atoms with E-state index in [2.05, 4.69) is 10.3 Å². The molecular formula is C12H16N2O2. The van der Waals surface area contributed by atoms with Crippen LogP contribution in [0.2, 0.25) is 0 Å². The van der Waals surface area contributed by atoms with E-state index in [0.717, 1.165) is 12.7 Å². The number of nitrogens with one attached hydrogen (secondary N) is 1. The first-order valence-electron chi connectivity index (χ1n) is 5.41. The van der Waals surface area contributed by atoms with Crippen LogP contribution < -0.4 is 5.32 Å². The number of carbonyl (C=O) groups is 2. The van der Waals surface area contributed by atoms with Crippen LogP contribution in [-0.2, 0) is 4.79 Å². The zero-order valence-electron chi connectivity index (χ0n) is 9.35. The van der Waals surface area contributed by atoms with Crippen molar-refractivity contribution in [2.45, 2.75) is 19.8 Å². The SMILES string of the molecule is CCC(C=O)CCNC(=O)c1cccnc1. The third-order valence-corrected chi connectivity index (χ3v) is 2.44. The van der Waals surface area contributed by atoms with Crippen LogP contribution in [-0.4, -0.2) is 23.7 Å². The molecule has 0 aliphatic rings. The van der Waals surface area contributed by atoms with E-state index < -0.39 is 0 Å². The van der Waals surface area contributed by atoms with Crippen molar-refractivity contribution >= 4 is 12.2 Å². The first kappa shape index (κ1) is 12.4. The Kier molecular flexibility index (Phi) is 5.19. The van der Waals surface area contributed by atoms with Crippen LogP contribution in [0.25, 0.3) is 0 Å². The Bertz CT molecular complexity index is 338. The number of rotatable bonds is 6. The smallest absolute Gasteiger partial charge is 0.252 e. The van der Waals surface area contributed by atoms with Gasteiger partial charge in [0.05, 0.1) is 5.56 Å². The van der Waals surface area contributed by atoms with Crippen molar-refractivity contribution in [2.24, 2.45) is 5.92 Å². The van der Waals surface area contributed by atoms with Gasteiger partial charge in [0.2, 0.25) is 0 Å². The Labute approximate surface area is 95.1 Å². The Morgan fingerprint density at radius 1 is 1.62 bits per heavy atom. The minimum atomic E-state index is -0.145. The van der Waals surface area contributed by atoms with Crippen molar-refractivity contribution in [1.82, 2.24) is 10.3 Å². The van der Waals surface area contributed by atoms with Gasteiger partial charge in [-0.25, -0.2) is 0 Å². The van der Waals surface area contributed by atoms with E-state index in [1.807, 2.05) is 6.92 Å². The van der Waals surface area contributed by atoms with Gasteiger partial charge in [-0.3, -0.25) is 9.78 Å². The summed E-state index contributed by atoms with van der Waals surface area (Å²) >= 11 is 0. The Balaban J connectivity index is 2.34. The van der Waals surface area contributed by atoms with E-state index in [1.54, 1.807) is 18.3 Å². The van der Waals surface area contributed by atoms with Crippen molar-refractivity contribution in [2.75, 3.05) is 6.54 Å². The number of pyridine rings is 1. The van der Waals surface area contributed by atoms with Gasteiger partial charge in [-0.2, -0.15) is 0 Å². The van der Waals surface area contributed by atoms with Crippen LogP contribution >= 0.6 is 0 Å².